The van der Waals surface area contributed by atoms with Gasteiger partial charge in [0.2, 0.25) is 0 Å². The SMILES string of the molecule is Nc1cc(=O)[nH]c(=S)[nH]1.S. The minimum atomic E-state index is -0.281. The summed E-state index contributed by atoms with van der Waals surface area (Å²) in [6.45, 7) is 0. The highest BCUT2D eigenvalue weighted by molar-refractivity contribution is 7.71. The van der Waals surface area contributed by atoms with E-state index in [0.717, 1.165) is 0 Å². The zero-order valence-electron chi connectivity index (χ0n) is 4.97. The second-order valence-electron chi connectivity index (χ2n) is 1.54. The third-order valence-corrected chi connectivity index (χ3v) is 0.985. The van der Waals surface area contributed by atoms with E-state index in [2.05, 4.69) is 22.2 Å². The Hall–Kier alpha value is -0.750. The molecule has 4 N–H and O–H groups in total. The molecule has 0 aliphatic rings. The lowest BCUT2D eigenvalue weighted by Crippen LogP contribution is -2.07. The van der Waals surface area contributed by atoms with Gasteiger partial charge in [-0.15, -0.1) is 0 Å². The van der Waals surface area contributed by atoms with E-state index in [0.29, 0.717) is 0 Å². The van der Waals surface area contributed by atoms with Crippen LogP contribution >= 0.6 is 25.7 Å². The van der Waals surface area contributed by atoms with Crippen LogP contribution in [0.5, 0.6) is 0 Å². The second kappa shape index (κ2) is 3.43. The number of H-pyrrole nitrogens is 2. The molecular weight excluding hydrogens is 170 g/mol. The molecule has 6 heteroatoms. The van der Waals surface area contributed by atoms with Gasteiger partial charge in [0.25, 0.3) is 5.56 Å². The van der Waals surface area contributed by atoms with Gasteiger partial charge in [0.05, 0.1) is 0 Å². The summed E-state index contributed by atoms with van der Waals surface area (Å²) in [7, 11) is 0. The largest absolute Gasteiger partial charge is 0.385 e. The van der Waals surface area contributed by atoms with E-state index < -0.39 is 0 Å². The van der Waals surface area contributed by atoms with Gasteiger partial charge in [-0.2, -0.15) is 13.5 Å². The second-order valence-corrected chi connectivity index (χ2v) is 1.95. The summed E-state index contributed by atoms with van der Waals surface area (Å²) in [5.41, 5.74) is 4.94. The molecule has 56 valence electrons. The lowest BCUT2D eigenvalue weighted by atomic mass is 10.6. The van der Waals surface area contributed by atoms with Crippen LogP contribution in [-0.4, -0.2) is 9.97 Å². The summed E-state index contributed by atoms with van der Waals surface area (Å²) in [4.78, 5) is 15.4. The summed E-state index contributed by atoms with van der Waals surface area (Å²) in [6.07, 6.45) is 0. The van der Waals surface area contributed by atoms with Crippen LogP contribution in [0, 0.1) is 4.77 Å². The van der Waals surface area contributed by atoms with Gasteiger partial charge in [-0.25, -0.2) is 0 Å². The van der Waals surface area contributed by atoms with E-state index in [1.54, 1.807) is 0 Å². The van der Waals surface area contributed by atoms with Crippen molar-refractivity contribution in [3.05, 3.63) is 21.2 Å². The lowest BCUT2D eigenvalue weighted by Gasteiger charge is -1.87. The van der Waals surface area contributed by atoms with Crippen LogP contribution in [0.1, 0.15) is 0 Å². The number of nitrogens with one attached hydrogen (secondary N) is 2. The fourth-order valence-corrected chi connectivity index (χ4v) is 0.706. The van der Waals surface area contributed by atoms with E-state index >= 15 is 0 Å². The molecular formula is C4H7N3OS2. The Bertz CT molecular complexity index is 287. The maximum absolute atomic E-state index is 10.5. The molecule has 4 nitrogen and oxygen atoms in total. The summed E-state index contributed by atoms with van der Waals surface area (Å²) in [6, 6.07) is 1.23. The van der Waals surface area contributed by atoms with Crippen LogP contribution in [0.25, 0.3) is 0 Å². The first-order valence-corrected chi connectivity index (χ1v) is 2.68. The van der Waals surface area contributed by atoms with Crippen molar-refractivity contribution in [2.24, 2.45) is 0 Å². The average molecular weight is 177 g/mol. The molecule has 0 unspecified atom stereocenters. The van der Waals surface area contributed by atoms with Crippen molar-refractivity contribution in [1.29, 1.82) is 0 Å². The smallest absolute Gasteiger partial charge is 0.253 e. The van der Waals surface area contributed by atoms with Crippen LogP contribution in [0.15, 0.2) is 10.9 Å². The average Bonchev–Trinajstić information content (AvgIpc) is 1.59. The highest BCUT2D eigenvalue weighted by Crippen LogP contribution is 1.84. The quantitative estimate of drug-likeness (QED) is 0.493. The minimum absolute atomic E-state index is 0. The predicted octanol–water partition coefficient (Wildman–Crippen LogP) is 0.127. The molecule has 0 aliphatic heterocycles. The number of aromatic nitrogens is 2. The number of rotatable bonds is 0. The first-order chi connectivity index (χ1) is 4.18. The molecule has 0 aliphatic carbocycles. The highest BCUT2D eigenvalue weighted by Gasteiger charge is 1.84. The molecule has 0 aromatic carbocycles. The van der Waals surface area contributed by atoms with Crippen molar-refractivity contribution in [2.75, 3.05) is 5.73 Å². The summed E-state index contributed by atoms with van der Waals surface area (Å²) in [5, 5.41) is 0. The van der Waals surface area contributed by atoms with Crippen molar-refractivity contribution < 1.29 is 0 Å². The molecule has 1 rings (SSSR count). The third-order valence-electron chi connectivity index (χ3n) is 0.781. The number of aromatic amines is 2. The number of nitrogens with two attached hydrogens (primary N) is 1. The Morgan fingerprint density at radius 3 is 2.50 bits per heavy atom. The molecule has 0 fully saturated rings. The normalized spacial score (nSPS) is 8.40. The Morgan fingerprint density at radius 1 is 1.50 bits per heavy atom. The first kappa shape index (κ1) is 9.25. The molecule has 0 bridgehead atoms. The Kier molecular flexibility index (Phi) is 3.17. The van der Waals surface area contributed by atoms with Crippen LogP contribution in [0.3, 0.4) is 0 Å². The van der Waals surface area contributed by atoms with E-state index in [4.69, 9.17) is 5.73 Å². The van der Waals surface area contributed by atoms with Crippen LogP contribution in [0.4, 0.5) is 5.82 Å². The number of nitrogen functional groups attached to an aromatic ring is 1. The van der Waals surface area contributed by atoms with Gasteiger partial charge >= 0.3 is 0 Å². The van der Waals surface area contributed by atoms with E-state index in [9.17, 15) is 4.79 Å². The standard InChI is InChI=1S/C4H5N3OS.H2S/c5-2-1-3(8)7-4(9)6-2;/h1H,(H4,5,6,7,8,9);1H2. The van der Waals surface area contributed by atoms with Crippen molar-refractivity contribution in [3.8, 4) is 0 Å². The lowest BCUT2D eigenvalue weighted by molar-refractivity contribution is 1.10. The highest BCUT2D eigenvalue weighted by atomic mass is 32.1. The summed E-state index contributed by atoms with van der Waals surface area (Å²) in [5.74, 6) is 0.281. The third kappa shape index (κ3) is 2.24. The van der Waals surface area contributed by atoms with Gasteiger partial charge in [0.15, 0.2) is 4.77 Å². The molecule has 0 saturated carbocycles. The molecule has 0 spiro atoms. The van der Waals surface area contributed by atoms with Crippen molar-refractivity contribution in [2.45, 2.75) is 0 Å². The summed E-state index contributed by atoms with van der Waals surface area (Å²) >= 11 is 4.60. The van der Waals surface area contributed by atoms with Crippen LogP contribution < -0.4 is 11.3 Å². The van der Waals surface area contributed by atoms with Gasteiger partial charge < -0.3 is 10.7 Å². The maximum Gasteiger partial charge on any atom is 0.253 e. The monoisotopic (exact) mass is 177 g/mol. The molecule has 1 aromatic heterocycles. The predicted molar refractivity (Wildman–Crippen MR) is 47.0 cm³/mol. The zero-order valence-corrected chi connectivity index (χ0v) is 6.79. The van der Waals surface area contributed by atoms with Crippen molar-refractivity contribution in [1.82, 2.24) is 9.97 Å². The van der Waals surface area contributed by atoms with Crippen molar-refractivity contribution >= 4 is 31.5 Å². The van der Waals surface area contributed by atoms with Gasteiger partial charge in [-0.05, 0) is 12.2 Å². The van der Waals surface area contributed by atoms with E-state index in [1.807, 2.05) is 0 Å². The number of hydrogen-bond acceptors (Lipinski definition) is 3. The first-order valence-electron chi connectivity index (χ1n) is 2.27. The van der Waals surface area contributed by atoms with Gasteiger partial charge in [-0.1, -0.05) is 0 Å². The molecule has 0 radical (unpaired) electrons. The fraction of sp³-hybridized carbons (Fsp3) is 0. The van der Waals surface area contributed by atoms with E-state index in [-0.39, 0.29) is 29.6 Å². The summed E-state index contributed by atoms with van der Waals surface area (Å²) < 4.78 is 0.250. The molecule has 1 heterocycles. The Balaban J connectivity index is 0.000000810. The topological polar surface area (TPSA) is 74.7 Å². The Morgan fingerprint density at radius 2 is 2.10 bits per heavy atom. The molecule has 0 saturated heterocycles. The zero-order chi connectivity index (χ0) is 6.85. The van der Waals surface area contributed by atoms with Crippen LogP contribution in [-0.2, 0) is 0 Å². The van der Waals surface area contributed by atoms with Gasteiger partial charge in [0.1, 0.15) is 5.82 Å². The molecule has 0 amide bonds. The van der Waals surface area contributed by atoms with Gasteiger partial charge in [-0.3, -0.25) is 9.78 Å². The van der Waals surface area contributed by atoms with Gasteiger partial charge in [0, 0.05) is 6.07 Å². The Labute approximate surface area is 68.9 Å². The maximum atomic E-state index is 10.5. The molecule has 1 aromatic rings. The van der Waals surface area contributed by atoms with Crippen molar-refractivity contribution in [3.63, 3.8) is 0 Å². The molecule has 10 heavy (non-hydrogen) atoms. The fourth-order valence-electron chi connectivity index (χ4n) is 0.488. The van der Waals surface area contributed by atoms with E-state index in [1.165, 1.54) is 6.07 Å². The van der Waals surface area contributed by atoms with Crippen LogP contribution in [0.2, 0.25) is 0 Å². The minimum Gasteiger partial charge on any atom is -0.385 e. The number of hydrogen-bond donors (Lipinski definition) is 3. The number of anilines is 1. The molecule has 0 atom stereocenters.